The first-order valence-corrected chi connectivity index (χ1v) is 7.45. The maximum Gasteiger partial charge on any atom is 0.124 e. The van der Waals surface area contributed by atoms with E-state index in [4.69, 9.17) is 22.7 Å². The quantitative estimate of drug-likeness (QED) is 0.643. The maximum absolute atomic E-state index is 7.48. The van der Waals surface area contributed by atoms with Crippen LogP contribution < -0.4 is 10.6 Å². The minimum absolute atomic E-state index is 0.0357. The number of nitrogens with one attached hydrogen (secondary N) is 1. The van der Waals surface area contributed by atoms with Crippen LogP contribution in [0.1, 0.15) is 37.7 Å². The first-order valence-electron chi connectivity index (χ1n) is 7.07. The lowest BCUT2D eigenvalue weighted by Crippen LogP contribution is -2.34. The Morgan fingerprint density at radius 3 is 2.79 bits per heavy atom. The second-order valence-corrected chi connectivity index (χ2v) is 6.08. The number of nitrogens with zero attached hydrogens (tertiary/aromatic N) is 1. The minimum Gasteiger partial charge on any atom is -0.384 e. The first-order chi connectivity index (χ1) is 9.16. The Hall–Kier alpha value is -1.22. The second-order valence-electron chi connectivity index (χ2n) is 5.67. The molecule has 0 radical (unpaired) electrons. The predicted octanol–water partition coefficient (Wildman–Crippen LogP) is 3.39. The van der Waals surface area contributed by atoms with Gasteiger partial charge in [-0.25, -0.2) is 0 Å². The number of fused-ring (bicyclic) bond motifs is 1. The van der Waals surface area contributed by atoms with Crippen molar-refractivity contribution >= 4 is 23.1 Å². The summed E-state index contributed by atoms with van der Waals surface area (Å²) in [6, 6.07) is 6.58. The van der Waals surface area contributed by atoms with E-state index in [-0.39, 0.29) is 5.84 Å². The molecule has 0 spiro atoms. The van der Waals surface area contributed by atoms with Gasteiger partial charge in [0, 0.05) is 23.8 Å². The fourth-order valence-electron chi connectivity index (χ4n) is 3.63. The SMILES string of the molecule is N=C(N)c1ccc(N2CCC3CCCCC32)cc1Cl. The molecular weight excluding hydrogens is 258 g/mol. The Labute approximate surface area is 119 Å². The van der Waals surface area contributed by atoms with Crippen LogP contribution in [0.5, 0.6) is 0 Å². The minimum atomic E-state index is 0.0357. The second kappa shape index (κ2) is 5.04. The zero-order valence-electron chi connectivity index (χ0n) is 11.0. The van der Waals surface area contributed by atoms with Crippen LogP contribution in [-0.4, -0.2) is 18.4 Å². The third kappa shape index (κ3) is 2.32. The molecule has 1 saturated carbocycles. The van der Waals surface area contributed by atoms with Crippen LogP contribution in [0.3, 0.4) is 0 Å². The van der Waals surface area contributed by atoms with Crippen LogP contribution in [0.2, 0.25) is 5.02 Å². The molecule has 3 nitrogen and oxygen atoms in total. The lowest BCUT2D eigenvalue weighted by atomic mass is 9.85. The molecule has 2 aliphatic rings. The van der Waals surface area contributed by atoms with Crippen molar-refractivity contribution in [3.8, 4) is 0 Å². The summed E-state index contributed by atoms with van der Waals surface area (Å²) < 4.78 is 0. The van der Waals surface area contributed by atoms with E-state index in [1.165, 1.54) is 37.8 Å². The molecule has 1 aromatic carbocycles. The van der Waals surface area contributed by atoms with Gasteiger partial charge in [0.2, 0.25) is 0 Å². The number of halogens is 1. The number of rotatable bonds is 2. The molecule has 3 rings (SSSR count). The Kier molecular flexibility index (Phi) is 3.40. The summed E-state index contributed by atoms with van der Waals surface area (Å²) >= 11 is 6.23. The van der Waals surface area contributed by atoms with E-state index in [2.05, 4.69) is 11.0 Å². The van der Waals surface area contributed by atoms with Crippen molar-refractivity contribution in [2.45, 2.75) is 38.1 Å². The maximum atomic E-state index is 7.48. The molecule has 19 heavy (non-hydrogen) atoms. The number of hydrogen-bond donors (Lipinski definition) is 2. The van der Waals surface area contributed by atoms with Crippen molar-refractivity contribution in [2.75, 3.05) is 11.4 Å². The Balaban J connectivity index is 1.86. The standard InChI is InChI=1S/C15H20ClN3/c16-13-9-11(5-6-12(13)15(17)18)19-8-7-10-3-1-2-4-14(10)19/h5-6,9-10,14H,1-4,7-8H2,(H3,17,18). The van der Waals surface area contributed by atoms with Crippen LogP contribution >= 0.6 is 11.6 Å². The average Bonchev–Trinajstić information content (AvgIpc) is 2.82. The fourth-order valence-corrected chi connectivity index (χ4v) is 3.90. The van der Waals surface area contributed by atoms with Crippen molar-refractivity contribution in [1.82, 2.24) is 0 Å². The van der Waals surface area contributed by atoms with Gasteiger partial charge in [-0.2, -0.15) is 0 Å². The summed E-state index contributed by atoms with van der Waals surface area (Å²) in [7, 11) is 0. The molecule has 0 aromatic heterocycles. The Morgan fingerprint density at radius 1 is 1.26 bits per heavy atom. The molecule has 1 saturated heterocycles. The summed E-state index contributed by atoms with van der Waals surface area (Å²) in [5, 5.41) is 8.07. The van der Waals surface area contributed by atoms with Crippen molar-refractivity contribution in [2.24, 2.45) is 11.7 Å². The van der Waals surface area contributed by atoms with E-state index in [1.807, 2.05) is 12.1 Å². The van der Waals surface area contributed by atoms with Gasteiger partial charge < -0.3 is 10.6 Å². The molecular formula is C15H20ClN3. The lowest BCUT2D eigenvalue weighted by Gasteiger charge is -2.33. The van der Waals surface area contributed by atoms with E-state index in [1.54, 1.807) is 0 Å². The predicted molar refractivity (Wildman–Crippen MR) is 80.2 cm³/mol. The molecule has 4 heteroatoms. The topological polar surface area (TPSA) is 53.1 Å². The summed E-state index contributed by atoms with van der Waals surface area (Å²) in [5.74, 6) is 0.897. The molecule has 1 aliphatic heterocycles. The van der Waals surface area contributed by atoms with Crippen LogP contribution in [0.15, 0.2) is 18.2 Å². The summed E-state index contributed by atoms with van der Waals surface area (Å²) in [5.41, 5.74) is 7.32. The van der Waals surface area contributed by atoms with E-state index in [9.17, 15) is 0 Å². The highest BCUT2D eigenvalue weighted by Gasteiger charge is 2.35. The summed E-state index contributed by atoms with van der Waals surface area (Å²) in [6.45, 7) is 1.13. The van der Waals surface area contributed by atoms with Crippen LogP contribution in [0, 0.1) is 11.3 Å². The Bertz CT molecular complexity index is 500. The molecule has 0 amide bonds. The molecule has 102 valence electrons. The number of nitrogens with two attached hydrogens (primary N) is 1. The number of anilines is 1. The third-order valence-corrected chi connectivity index (χ3v) is 4.90. The van der Waals surface area contributed by atoms with Gasteiger partial charge in [0.15, 0.2) is 0 Å². The highest BCUT2D eigenvalue weighted by atomic mass is 35.5. The van der Waals surface area contributed by atoms with Crippen molar-refractivity contribution in [3.05, 3.63) is 28.8 Å². The zero-order valence-corrected chi connectivity index (χ0v) is 11.8. The van der Waals surface area contributed by atoms with Crippen molar-refractivity contribution < 1.29 is 0 Å². The first kappa shape index (κ1) is 12.8. The van der Waals surface area contributed by atoms with Crippen molar-refractivity contribution in [1.29, 1.82) is 5.41 Å². The summed E-state index contributed by atoms with van der Waals surface area (Å²) in [4.78, 5) is 2.50. The normalized spacial score (nSPS) is 26.3. The Morgan fingerprint density at radius 2 is 2.05 bits per heavy atom. The van der Waals surface area contributed by atoms with Crippen molar-refractivity contribution in [3.63, 3.8) is 0 Å². The molecule has 1 aromatic rings. The smallest absolute Gasteiger partial charge is 0.124 e. The van der Waals surface area contributed by atoms with Gasteiger partial charge in [0.1, 0.15) is 5.84 Å². The van der Waals surface area contributed by atoms with Gasteiger partial charge in [0.25, 0.3) is 0 Å². The molecule has 1 aliphatic carbocycles. The fraction of sp³-hybridized carbons (Fsp3) is 0.533. The highest BCUT2D eigenvalue weighted by molar-refractivity contribution is 6.34. The van der Waals surface area contributed by atoms with Gasteiger partial charge in [-0.05, 0) is 43.4 Å². The molecule has 2 atom stereocenters. The van der Waals surface area contributed by atoms with Crippen LogP contribution in [0.25, 0.3) is 0 Å². The van der Waals surface area contributed by atoms with Crippen LogP contribution in [-0.2, 0) is 0 Å². The van der Waals surface area contributed by atoms with Gasteiger partial charge in [0.05, 0.1) is 5.02 Å². The molecule has 0 bridgehead atoms. The number of nitrogen functional groups attached to an aromatic ring is 1. The van der Waals surface area contributed by atoms with E-state index in [0.717, 1.165) is 12.5 Å². The number of benzene rings is 1. The van der Waals surface area contributed by atoms with E-state index < -0.39 is 0 Å². The largest absolute Gasteiger partial charge is 0.384 e. The average molecular weight is 278 g/mol. The molecule has 2 fully saturated rings. The highest BCUT2D eigenvalue weighted by Crippen LogP contribution is 2.39. The van der Waals surface area contributed by atoms with E-state index >= 15 is 0 Å². The summed E-state index contributed by atoms with van der Waals surface area (Å²) in [6.07, 6.45) is 6.71. The zero-order chi connectivity index (χ0) is 13.4. The van der Waals surface area contributed by atoms with Crippen LogP contribution in [0.4, 0.5) is 5.69 Å². The molecule has 2 unspecified atom stereocenters. The van der Waals surface area contributed by atoms with Gasteiger partial charge in [-0.3, -0.25) is 5.41 Å². The monoisotopic (exact) mass is 277 g/mol. The van der Waals surface area contributed by atoms with Gasteiger partial charge in [-0.1, -0.05) is 24.4 Å². The lowest BCUT2D eigenvalue weighted by molar-refractivity contribution is 0.342. The van der Waals surface area contributed by atoms with Gasteiger partial charge >= 0.3 is 0 Å². The number of hydrogen-bond acceptors (Lipinski definition) is 2. The van der Waals surface area contributed by atoms with E-state index in [0.29, 0.717) is 16.6 Å². The molecule has 1 heterocycles. The number of amidine groups is 1. The van der Waals surface area contributed by atoms with Gasteiger partial charge in [-0.15, -0.1) is 0 Å². The molecule has 3 N–H and O–H groups in total. The third-order valence-electron chi connectivity index (χ3n) is 4.58.